The van der Waals surface area contributed by atoms with Crippen LogP contribution >= 0.6 is 0 Å². The van der Waals surface area contributed by atoms with E-state index in [1.807, 2.05) is 18.0 Å². The number of likely N-dealkylation sites (tertiary alicyclic amines) is 1. The molecule has 8 heteroatoms. The number of hydrogen-bond donors (Lipinski definition) is 1. The standard InChI is InChI=1S/C21H28N4O4/c1-15(20(28)24-13-11-23(2)12-14-24)25-10-9-21(8-7-18(25)26)22-19(27)16-5-3-4-6-17(16)29-21/h3-6,15H,7-14H2,1-2H3,(H,22,27). The molecule has 156 valence electrons. The Morgan fingerprint density at radius 1 is 1.10 bits per heavy atom. The molecule has 1 aromatic carbocycles. The maximum atomic E-state index is 13.0. The summed E-state index contributed by atoms with van der Waals surface area (Å²) in [6.07, 6.45) is 1.06. The van der Waals surface area contributed by atoms with E-state index in [1.165, 1.54) is 0 Å². The third-order valence-electron chi connectivity index (χ3n) is 6.24. The Bertz CT molecular complexity index is 821. The minimum Gasteiger partial charge on any atom is -0.467 e. The SMILES string of the molecule is CC(C(=O)N1CCN(C)CC1)N1CCC2(CCC1=O)NC(=O)c1ccccc1O2. The van der Waals surface area contributed by atoms with Gasteiger partial charge in [-0.25, -0.2) is 0 Å². The van der Waals surface area contributed by atoms with Gasteiger partial charge in [0.2, 0.25) is 11.8 Å². The quantitative estimate of drug-likeness (QED) is 0.790. The summed E-state index contributed by atoms with van der Waals surface area (Å²) in [6, 6.07) is 6.61. The molecule has 1 N–H and O–H groups in total. The molecule has 4 rings (SSSR count). The van der Waals surface area contributed by atoms with Crippen molar-refractivity contribution >= 4 is 17.7 Å². The molecule has 0 aromatic heterocycles. The number of benzene rings is 1. The fourth-order valence-corrected chi connectivity index (χ4v) is 4.32. The molecule has 0 bridgehead atoms. The van der Waals surface area contributed by atoms with Crippen LogP contribution < -0.4 is 10.1 Å². The minimum absolute atomic E-state index is 0.0126. The van der Waals surface area contributed by atoms with E-state index in [2.05, 4.69) is 10.2 Å². The van der Waals surface area contributed by atoms with Gasteiger partial charge < -0.3 is 24.8 Å². The van der Waals surface area contributed by atoms with E-state index in [9.17, 15) is 14.4 Å². The zero-order valence-electron chi connectivity index (χ0n) is 17.0. The molecular weight excluding hydrogens is 372 g/mol. The number of para-hydroxylation sites is 1. The number of ether oxygens (including phenoxy) is 1. The lowest BCUT2D eigenvalue weighted by atomic mass is 10.0. The average molecular weight is 400 g/mol. The number of likely N-dealkylation sites (N-methyl/N-ethyl adjacent to an activating group) is 1. The van der Waals surface area contributed by atoms with Crippen molar-refractivity contribution in [2.45, 2.75) is 38.0 Å². The molecular formula is C21H28N4O4. The van der Waals surface area contributed by atoms with Crippen LogP contribution in [0.5, 0.6) is 5.75 Å². The Kier molecular flexibility index (Phi) is 5.21. The third kappa shape index (κ3) is 3.81. The Balaban J connectivity index is 1.47. The van der Waals surface area contributed by atoms with Crippen LogP contribution in [-0.2, 0) is 9.59 Å². The molecule has 2 saturated heterocycles. The van der Waals surface area contributed by atoms with Crippen molar-refractivity contribution in [2.24, 2.45) is 0 Å². The Hall–Kier alpha value is -2.61. The molecule has 8 nitrogen and oxygen atoms in total. The predicted molar refractivity (Wildman–Crippen MR) is 106 cm³/mol. The lowest BCUT2D eigenvalue weighted by molar-refractivity contribution is -0.145. The topological polar surface area (TPSA) is 82.2 Å². The Labute approximate surface area is 170 Å². The van der Waals surface area contributed by atoms with E-state index >= 15 is 0 Å². The second-order valence-corrected chi connectivity index (χ2v) is 8.19. The molecule has 29 heavy (non-hydrogen) atoms. The van der Waals surface area contributed by atoms with Crippen molar-refractivity contribution in [1.29, 1.82) is 0 Å². The van der Waals surface area contributed by atoms with Crippen LogP contribution in [0.2, 0.25) is 0 Å². The van der Waals surface area contributed by atoms with E-state index in [0.29, 0.717) is 43.8 Å². The van der Waals surface area contributed by atoms with Gasteiger partial charge in [0.05, 0.1) is 5.56 Å². The number of amides is 3. The number of piperazine rings is 1. The zero-order valence-corrected chi connectivity index (χ0v) is 17.0. The van der Waals surface area contributed by atoms with Gasteiger partial charge in [-0.3, -0.25) is 14.4 Å². The second kappa shape index (κ2) is 7.67. The largest absolute Gasteiger partial charge is 0.467 e. The number of carbonyl (C=O) groups excluding carboxylic acids is 3. The molecule has 2 fully saturated rings. The first-order chi connectivity index (χ1) is 13.9. The molecule has 3 amide bonds. The molecule has 2 atom stereocenters. The summed E-state index contributed by atoms with van der Waals surface area (Å²) in [5.74, 6) is 0.267. The zero-order chi connectivity index (χ0) is 20.6. The summed E-state index contributed by atoms with van der Waals surface area (Å²) in [5.41, 5.74) is -0.406. The first-order valence-corrected chi connectivity index (χ1v) is 10.3. The molecule has 3 aliphatic rings. The first-order valence-electron chi connectivity index (χ1n) is 10.3. The van der Waals surface area contributed by atoms with Crippen molar-refractivity contribution in [1.82, 2.24) is 20.0 Å². The number of fused-ring (bicyclic) bond motifs is 1. The summed E-state index contributed by atoms with van der Waals surface area (Å²) in [7, 11) is 2.04. The molecule has 0 radical (unpaired) electrons. The number of nitrogens with one attached hydrogen (secondary N) is 1. The highest BCUT2D eigenvalue weighted by Gasteiger charge is 2.44. The highest BCUT2D eigenvalue weighted by Crippen LogP contribution is 2.34. The lowest BCUT2D eigenvalue weighted by Gasteiger charge is -2.39. The smallest absolute Gasteiger partial charge is 0.258 e. The van der Waals surface area contributed by atoms with Crippen molar-refractivity contribution < 1.29 is 19.1 Å². The van der Waals surface area contributed by atoms with Crippen LogP contribution in [-0.4, -0.2) is 84.0 Å². The van der Waals surface area contributed by atoms with Crippen LogP contribution in [0.4, 0.5) is 0 Å². The molecule has 3 aliphatic heterocycles. The maximum Gasteiger partial charge on any atom is 0.258 e. The average Bonchev–Trinajstić information content (AvgIpc) is 2.87. The van der Waals surface area contributed by atoms with Gasteiger partial charge in [-0.15, -0.1) is 0 Å². The van der Waals surface area contributed by atoms with E-state index in [4.69, 9.17) is 4.74 Å². The number of carbonyl (C=O) groups is 3. The summed E-state index contributed by atoms with van der Waals surface area (Å²) >= 11 is 0. The summed E-state index contributed by atoms with van der Waals surface area (Å²) < 4.78 is 6.16. The normalized spacial score (nSPS) is 26.4. The first kappa shape index (κ1) is 19.7. The number of rotatable bonds is 2. The second-order valence-electron chi connectivity index (χ2n) is 8.19. The Morgan fingerprint density at radius 2 is 1.83 bits per heavy atom. The summed E-state index contributed by atoms with van der Waals surface area (Å²) in [6.45, 7) is 5.21. The summed E-state index contributed by atoms with van der Waals surface area (Å²) in [4.78, 5) is 44.0. The van der Waals surface area contributed by atoms with Crippen LogP contribution in [0.15, 0.2) is 24.3 Å². The number of nitrogens with zero attached hydrogens (tertiary/aromatic N) is 3. The monoisotopic (exact) mass is 400 g/mol. The van der Waals surface area contributed by atoms with Crippen molar-refractivity contribution in [2.75, 3.05) is 39.8 Å². The minimum atomic E-state index is -0.910. The van der Waals surface area contributed by atoms with Gasteiger partial charge in [-0.2, -0.15) is 0 Å². The van der Waals surface area contributed by atoms with Gasteiger partial charge in [0.15, 0.2) is 5.72 Å². The fraction of sp³-hybridized carbons (Fsp3) is 0.571. The molecule has 0 aliphatic carbocycles. The van der Waals surface area contributed by atoms with E-state index in [1.54, 1.807) is 30.0 Å². The van der Waals surface area contributed by atoms with Gasteiger partial charge in [-0.05, 0) is 26.1 Å². The van der Waals surface area contributed by atoms with Gasteiger partial charge in [0.1, 0.15) is 11.8 Å². The van der Waals surface area contributed by atoms with Crippen LogP contribution in [0, 0.1) is 0 Å². The van der Waals surface area contributed by atoms with Gasteiger partial charge in [0.25, 0.3) is 5.91 Å². The highest BCUT2D eigenvalue weighted by molar-refractivity contribution is 5.98. The lowest BCUT2D eigenvalue weighted by Crippen LogP contribution is -2.57. The highest BCUT2D eigenvalue weighted by atomic mass is 16.5. The predicted octanol–water partition coefficient (Wildman–Crippen LogP) is 0.680. The van der Waals surface area contributed by atoms with Crippen molar-refractivity contribution in [3.05, 3.63) is 29.8 Å². The van der Waals surface area contributed by atoms with Crippen molar-refractivity contribution in [3.63, 3.8) is 0 Å². The molecule has 1 spiro atoms. The molecule has 0 saturated carbocycles. The van der Waals surface area contributed by atoms with Crippen LogP contribution in [0.3, 0.4) is 0 Å². The summed E-state index contributed by atoms with van der Waals surface area (Å²) in [5, 5.41) is 2.96. The molecule has 1 aromatic rings. The molecule has 3 heterocycles. The van der Waals surface area contributed by atoms with Crippen LogP contribution in [0.1, 0.15) is 36.5 Å². The maximum absolute atomic E-state index is 13.0. The molecule has 2 unspecified atom stereocenters. The van der Waals surface area contributed by atoms with E-state index in [0.717, 1.165) is 13.1 Å². The van der Waals surface area contributed by atoms with Crippen LogP contribution in [0.25, 0.3) is 0 Å². The van der Waals surface area contributed by atoms with Gasteiger partial charge >= 0.3 is 0 Å². The van der Waals surface area contributed by atoms with E-state index < -0.39 is 11.8 Å². The van der Waals surface area contributed by atoms with Gasteiger partial charge in [-0.1, -0.05) is 12.1 Å². The third-order valence-corrected chi connectivity index (χ3v) is 6.24. The van der Waals surface area contributed by atoms with E-state index in [-0.39, 0.29) is 24.1 Å². The number of hydrogen-bond acceptors (Lipinski definition) is 5. The fourth-order valence-electron chi connectivity index (χ4n) is 4.32. The van der Waals surface area contributed by atoms with Gasteiger partial charge in [0, 0.05) is 52.0 Å². The Morgan fingerprint density at radius 3 is 2.59 bits per heavy atom. The van der Waals surface area contributed by atoms with Crippen molar-refractivity contribution in [3.8, 4) is 5.75 Å².